The molecule has 0 N–H and O–H groups in total. The number of halogens is 1. The summed E-state index contributed by atoms with van der Waals surface area (Å²) in [6.07, 6.45) is 1.74. The maximum absolute atomic E-state index is 13.8. The number of ether oxygens (including phenoxy) is 4. The van der Waals surface area contributed by atoms with Gasteiger partial charge in [-0.1, -0.05) is 24.3 Å². The summed E-state index contributed by atoms with van der Waals surface area (Å²) in [7, 11) is 4.63. The summed E-state index contributed by atoms with van der Waals surface area (Å²) in [6.45, 7) is 0.0767. The summed E-state index contributed by atoms with van der Waals surface area (Å²) in [5.74, 6) is 1.76. The Morgan fingerprint density at radius 2 is 1.55 bits per heavy atom. The number of benzene rings is 3. The van der Waals surface area contributed by atoms with Crippen molar-refractivity contribution < 1.29 is 23.3 Å². The fourth-order valence-corrected chi connectivity index (χ4v) is 3.01. The minimum atomic E-state index is -0.324. The zero-order valence-corrected chi connectivity index (χ0v) is 17.5. The molecule has 0 bridgehead atoms. The van der Waals surface area contributed by atoms with Crippen molar-refractivity contribution in [2.75, 3.05) is 21.3 Å². The van der Waals surface area contributed by atoms with Gasteiger partial charge >= 0.3 is 0 Å². The molecular weight excluding hydrogens is 397 g/mol. The van der Waals surface area contributed by atoms with Crippen LogP contribution in [0.1, 0.15) is 16.7 Å². The van der Waals surface area contributed by atoms with Gasteiger partial charge in [-0.05, 0) is 53.6 Å². The van der Waals surface area contributed by atoms with Crippen molar-refractivity contribution >= 4 is 11.6 Å². The van der Waals surface area contributed by atoms with Crippen LogP contribution in [0.5, 0.6) is 23.0 Å². The van der Waals surface area contributed by atoms with Crippen molar-refractivity contribution in [2.24, 2.45) is 0 Å². The first-order valence-electron chi connectivity index (χ1n) is 9.48. The normalized spacial score (nSPS) is 10.9. The maximum Gasteiger partial charge on any atom is 0.161 e. The molecule has 0 spiro atoms. The molecule has 0 radical (unpaired) electrons. The Morgan fingerprint density at radius 3 is 2.23 bits per heavy atom. The van der Waals surface area contributed by atoms with E-state index < -0.39 is 0 Å². The first-order valence-corrected chi connectivity index (χ1v) is 9.48. The Labute approximate surface area is 180 Å². The molecule has 0 unspecified atom stereocenters. The van der Waals surface area contributed by atoms with Gasteiger partial charge < -0.3 is 18.9 Å². The lowest BCUT2D eigenvalue weighted by Gasteiger charge is -2.12. The Hall–Kier alpha value is -3.98. The van der Waals surface area contributed by atoms with Crippen LogP contribution in [0.25, 0.3) is 11.6 Å². The summed E-state index contributed by atoms with van der Waals surface area (Å²) in [4.78, 5) is 0. The molecule has 0 aromatic heterocycles. The second kappa shape index (κ2) is 10.2. The molecule has 0 saturated heterocycles. The highest BCUT2D eigenvalue weighted by Gasteiger charge is 2.11. The minimum Gasteiger partial charge on any atom is -0.493 e. The molecule has 31 heavy (non-hydrogen) atoms. The number of hydrogen-bond donors (Lipinski definition) is 0. The lowest BCUT2D eigenvalue weighted by Crippen LogP contribution is -2.00. The summed E-state index contributed by atoms with van der Waals surface area (Å²) >= 11 is 0. The number of methoxy groups -OCH3 is 3. The van der Waals surface area contributed by atoms with Gasteiger partial charge in [-0.2, -0.15) is 5.26 Å². The fourth-order valence-electron chi connectivity index (χ4n) is 3.01. The minimum absolute atomic E-state index is 0.0767. The van der Waals surface area contributed by atoms with Crippen LogP contribution in [-0.2, 0) is 6.61 Å². The van der Waals surface area contributed by atoms with Crippen LogP contribution in [0.15, 0.2) is 60.7 Å². The van der Waals surface area contributed by atoms with Gasteiger partial charge in [-0.25, -0.2) is 4.39 Å². The first-order chi connectivity index (χ1) is 15.1. The van der Waals surface area contributed by atoms with E-state index in [1.54, 1.807) is 74.9 Å². The summed E-state index contributed by atoms with van der Waals surface area (Å²) < 4.78 is 35.6. The molecule has 0 aliphatic rings. The average molecular weight is 419 g/mol. The predicted molar refractivity (Wildman–Crippen MR) is 117 cm³/mol. The fraction of sp³-hybridized carbons (Fsp3) is 0.160. The first kappa shape index (κ1) is 21.7. The standard InChI is InChI=1S/C25H22FNO4/c1-28-22-11-9-18(14-25(22)30-3)20(15-27)12-17-8-10-23(24(13-17)29-2)31-16-19-6-4-5-7-21(19)26/h4-14H,16H2,1-3H3/b20-12+. The van der Waals surface area contributed by atoms with E-state index in [0.717, 1.165) is 5.56 Å². The molecule has 0 amide bonds. The highest BCUT2D eigenvalue weighted by atomic mass is 19.1. The van der Waals surface area contributed by atoms with E-state index in [1.807, 2.05) is 0 Å². The molecule has 0 saturated carbocycles. The predicted octanol–water partition coefficient (Wildman–Crippen LogP) is 5.49. The third-order valence-electron chi connectivity index (χ3n) is 4.65. The largest absolute Gasteiger partial charge is 0.493 e. The summed E-state index contributed by atoms with van der Waals surface area (Å²) in [6, 6.07) is 19.2. The second-order valence-corrected chi connectivity index (χ2v) is 6.53. The van der Waals surface area contributed by atoms with Crippen LogP contribution < -0.4 is 18.9 Å². The molecule has 6 heteroatoms. The third kappa shape index (κ3) is 5.14. The van der Waals surface area contributed by atoms with Crippen LogP contribution in [0.4, 0.5) is 4.39 Å². The molecule has 3 aromatic carbocycles. The monoisotopic (exact) mass is 419 g/mol. The Balaban J connectivity index is 1.86. The van der Waals surface area contributed by atoms with Crippen LogP contribution in [0.2, 0.25) is 0 Å². The van der Waals surface area contributed by atoms with Crippen molar-refractivity contribution in [2.45, 2.75) is 6.61 Å². The van der Waals surface area contributed by atoms with E-state index in [0.29, 0.717) is 39.7 Å². The molecule has 0 heterocycles. The van der Waals surface area contributed by atoms with Crippen LogP contribution >= 0.6 is 0 Å². The maximum atomic E-state index is 13.8. The van der Waals surface area contributed by atoms with Crippen molar-refractivity contribution in [3.05, 3.63) is 83.2 Å². The molecule has 3 rings (SSSR count). The van der Waals surface area contributed by atoms with Crippen LogP contribution in [0, 0.1) is 17.1 Å². The van der Waals surface area contributed by atoms with Crippen LogP contribution in [-0.4, -0.2) is 21.3 Å². The topological polar surface area (TPSA) is 60.7 Å². The molecule has 5 nitrogen and oxygen atoms in total. The zero-order valence-electron chi connectivity index (χ0n) is 17.5. The third-order valence-corrected chi connectivity index (χ3v) is 4.65. The summed E-state index contributed by atoms with van der Waals surface area (Å²) in [5.41, 5.74) is 2.34. The molecule has 0 aliphatic carbocycles. The molecule has 0 fully saturated rings. The van der Waals surface area contributed by atoms with Crippen molar-refractivity contribution in [1.29, 1.82) is 5.26 Å². The van der Waals surface area contributed by atoms with Gasteiger partial charge in [-0.15, -0.1) is 0 Å². The van der Waals surface area contributed by atoms with Gasteiger partial charge in [0, 0.05) is 5.56 Å². The van der Waals surface area contributed by atoms with Crippen molar-refractivity contribution in [1.82, 2.24) is 0 Å². The van der Waals surface area contributed by atoms with Gasteiger partial charge in [0.2, 0.25) is 0 Å². The molecule has 3 aromatic rings. The molecule has 0 atom stereocenters. The molecule has 0 aliphatic heterocycles. The SMILES string of the molecule is COc1ccc(/C(C#N)=C/c2ccc(OCc3ccccc3F)c(OC)c2)cc1OC. The lowest BCUT2D eigenvalue weighted by atomic mass is 10.0. The number of nitrogens with zero attached hydrogens (tertiary/aromatic N) is 1. The van der Waals surface area contributed by atoms with E-state index in [-0.39, 0.29) is 12.4 Å². The lowest BCUT2D eigenvalue weighted by molar-refractivity contribution is 0.279. The quantitative estimate of drug-likeness (QED) is 0.357. The molecule has 158 valence electrons. The van der Waals surface area contributed by atoms with Crippen LogP contribution in [0.3, 0.4) is 0 Å². The summed E-state index contributed by atoms with van der Waals surface area (Å²) in [5, 5.41) is 9.67. The van der Waals surface area contributed by atoms with Crippen molar-refractivity contribution in [3.63, 3.8) is 0 Å². The van der Waals surface area contributed by atoms with E-state index in [2.05, 4.69) is 6.07 Å². The van der Waals surface area contributed by atoms with Gasteiger partial charge in [0.05, 0.1) is 33.0 Å². The van der Waals surface area contributed by atoms with Gasteiger partial charge in [0.15, 0.2) is 23.0 Å². The number of rotatable bonds is 8. The Morgan fingerprint density at radius 1 is 0.871 bits per heavy atom. The van der Waals surface area contributed by atoms with Gasteiger partial charge in [0.1, 0.15) is 12.4 Å². The van der Waals surface area contributed by atoms with Crippen molar-refractivity contribution in [3.8, 4) is 29.1 Å². The van der Waals surface area contributed by atoms with Gasteiger partial charge in [-0.3, -0.25) is 0 Å². The van der Waals surface area contributed by atoms with E-state index in [4.69, 9.17) is 18.9 Å². The Kier molecular flexibility index (Phi) is 7.13. The second-order valence-electron chi connectivity index (χ2n) is 6.53. The highest BCUT2D eigenvalue weighted by molar-refractivity contribution is 5.90. The van der Waals surface area contributed by atoms with E-state index in [9.17, 15) is 9.65 Å². The number of hydrogen-bond acceptors (Lipinski definition) is 5. The zero-order chi connectivity index (χ0) is 22.2. The number of nitriles is 1. The average Bonchev–Trinajstić information content (AvgIpc) is 2.81. The van der Waals surface area contributed by atoms with Gasteiger partial charge in [0.25, 0.3) is 0 Å². The van der Waals surface area contributed by atoms with E-state index >= 15 is 0 Å². The Bertz CT molecular complexity index is 1130. The number of allylic oxidation sites excluding steroid dienone is 1. The van der Waals surface area contributed by atoms with E-state index in [1.165, 1.54) is 13.2 Å². The highest BCUT2D eigenvalue weighted by Crippen LogP contribution is 2.33. The molecular formula is C25H22FNO4. The smallest absolute Gasteiger partial charge is 0.161 e.